The zero-order valence-electron chi connectivity index (χ0n) is 16.7. The molecule has 0 atom stereocenters. The summed E-state index contributed by atoms with van der Waals surface area (Å²) in [5.41, 5.74) is 2.87. The standard InChI is InChI=1S/C21H23N3O5S/c1-15(25)17-6-8-20(21(14-17)24(26)27)22-9-11-23(12-10-22)30(28,29)19-7-5-16-3-2-4-18(16)13-19/h5-8,13-14H,2-4,9-12H2,1H3. The van der Waals surface area contributed by atoms with Crippen LogP contribution in [0.25, 0.3) is 0 Å². The molecule has 2 aromatic rings. The molecule has 1 fully saturated rings. The van der Waals surface area contributed by atoms with Gasteiger partial charge in [0.25, 0.3) is 5.69 Å². The lowest BCUT2D eigenvalue weighted by atomic mass is 10.1. The Morgan fingerprint density at radius 2 is 1.70 bits per heavy atom. The summed E-state index contributed by atoms with van der Waals surface area (Å²) in [6, 6.07) is 9.79. The molecule has 0 N–H and O–H groups in total. The number of piperazine rings is 1. The van der Waals surface area contributed by atoms with Gasteiger partial charge in [-0.2, -0.15) is 4.31 Å². The third-order valence-electron chi connectivity index (χ3n) is 5.87. The van der Waals surface area contributed by atoms with Gasteiger partial charge in [-0.15, -0.1) is 0 Å². The van der Waals surface area contributed by atoms with Gasteiger partial charge in [-0.25, -0.2) is 8.42 Å². The molecule has 8 nitrogen and oxygen atoms in total. The first-order valence-corrected chi connectivity index (χ1v) is 11.4. The maximum atomic E-state index is 13.1. The topological polar surface area (TPSA) is 101 Å². The van der Waals surface area contributed by atoms with Crippen LogP contribution in [0.3, 0.4) is 0 Å². The van der Waals surface area contributed by atoms with Gasteiger partial charge in [0.15, 0.2) is 5.78 Å². The molecule has 1 saturated heterocycles. The number of hydrogen-bond donors (Lipinski definition) is 0. The second-order valence-electron chi connectivity index (χ2n) is 7.69. The van der Waals surface area contributed by atoms with Crippen molar-refractivity contribution in [2.75, 3.05) is 31.1 Å². The molecule has 1 aliphatic heterocycles. The third-order valence-corrected chi connectivity index (χ3v) is 7.76. The van der Waals surface area contributed by atoms with E-state index in [1.54, 1.807) is 29.2 Å². The van der Waals surface area contributed by atoms with E-state index >= 15 is 0 Å². The number of nitro benzene ring substituents is 1. The van der Waals surface area contributed by atoms with E-state index in [4.69, 9.17) is 0 Å². The van der Waals surface area contributed by atoms with Crippen molar-refractivity contribution in [1.29, 1.82) is 0 Å². The Labute approximate surface area is 175 Å². The molecule has 0 bridgehead atoms. The molecule has 0 radical (unpaired) electrons. The first kappa shape index (κ1) is 20.5. The largest absolute Gasteiger partial charge is 0.363 e. The fraction of sp³-hybridized carbons (Fsp3) is 0.381. The second-order valence-corrected chi connectivity index (χ2v) is 9.63. The lowest BCUT2D eigenvalue weighted by Crippen LogP contribution is -2.48. The summed E-state index contributed by atoms with van der Waals surface area (Å²) in [4.78, 5) is 24.7. The fourth-order valence-corrected chi connectivity index (χ4v) is 5.66. The van der Waals surface area contributed by atoms with Gasteiger partial charge in [-0.1, -0.05) is 6.07 Å². The van der Waals surface area contributed by atoms with Crippen molar-refractivity contribution in [2.45, 2.75) is 31.1 Å². The number of Topliss-reactive ketones (excluding diaryl/α,β-unsaturated/α-hetero) is 1. The number of anilines is 1. The Kier molecular flexibility index (Phi) is 5.33. The van der Waals surface area contributed by atoms with E-state index in [9.17, 15) is 23.3 Å². The summed E-state index contributed by atoms with van der Waals surface area (Å²) in [6.07, 6.45) is 2.96. The Morgan fingerprint density at radius 1 is 1.00 bits per heavy atom. The Hall–Kier alpha value is -2.78. The number of benzene rings is 2. The zero-order chi connectivity index (χ0) is 21.5. The van der Waals surface area contributed by atoms with Crippen LogP contribution in [-0.2, 0) is 22.9 Å². The quantitative estimate of drug-likeness (QED) is 0.412. The van der Waals surface area contributed by atoms with Crippen molar-refractivity contribution in [3.05, 3.63) is 63.2 Å². The monoisotopic (exact) mass is 429 g/mol. The molecular formula is C21H23N3O5S. The summed E-state index contributed by atoms with van der Waals surface area (Å²) >= 11 is 0. The van der Waals surface area contributed by atoms with Crippen molar-refractivity contribution in [3.63, 3.8) is 0 Å². The number of carbonyl (C=O) groups is 1. The molecule has 30 heavy (non-hydrogen) atoms. The highest BCUT2D eigenvalue weighted by Crippen LogP contribution is 2.32. The van der Waals surface area contributed by atoms with Gasteiger partial charge in [0.05, 0.1) is 9.82 Å². The van der Waals surface area contributed by atoms with Crippen molar-refractivity contribution < 1.29 is 18.1 Å². The fourth-order valence-electron chi connectivity index (χ4n) is 4.18. The number of ketones is 1. The number of hydrogen-bond acceptors (Lipinski definition) is 6. The number of rotatable bonds is 5. The smallest absolute Gasteiger partial charge is 0.293 e. The first-order chi connectivity index (χ1) is 14.3. The van der Waals surface area contributed by atoms with Crippen LogP contribution in [0.5, 0.6) is 0 Å². The lowest BCUT2D eigenvalue weighted by Gasteiger charge is -2.35. The number of nitrogens with zero attached hydrogens (tertiary/aromatic N) is 3. The van der Waals surface area contributed by atoms with Crippen LogP contribution < -0.4 is 4.90 Å². The molecule has 0 aromatic heterocycles. The summed E-state index contributed by atoms with van der Waals surface area (Å²) in [5, 5.41) is 11.5. The molecule has 1 heterocycles. The molecule has 9 heteroatoms. The van der Waals surface area contributed by atoms with E-state index < -0.39 is 14.9 Å². The van der Waals surface area contributed by atoms with Crippen molar-refractivity contribution in [1.82, 2.24) is 4.31 Å². The van der Waals surface area contributed by atoms with Crippen molar-refractivity contribution >= 4 is 27.2 Å². The van der Waals surface area contributed by atoms with E-state index in [0.29, 0.717) is 23.7 Å². The summed E-state index contributed by atoms with van der Waals surface area (Å²) in [7, 11) is -3.61. The van der Waals surface area contributed by atoms with E-state index in [-0.39, 0.29) is 30.1 Å². The minimum Gasteiger partial charge on any atom is -0.363 e. The summed E-state index contributed by atoms with van der Waals surface area (Å²) < 4.78 is 27.6. The van der Waals surface area contributed by atoms with Crippen LogP contribution in [-0.4, -0.2) is 49.6 Å². The molecule has 158 valence electrons. The molecule has 1 aliphatic carbocycles. The highest BCUT2D eigenvalue weighted by atomic mass is 32.2. The highest BCUT2D eigenvalue weighted by molar-refractivity contribution is 7.89. The molecule has 0 spiro atoms. The van der Waals surface area contributed by atoms with Crippen molar-refractivity contribution in [3.8, 4) is 0 Å². The molecule has 0 amide bonds. The molecule has 4 rings (SSSR count). The number of carbonyl (C=O) groups excluding carboxylic acids is 1. The van der Waals surface area contributed by atoms with Crippen LogP contribution >= 0.6 is 0 Å². The maximum absolute atomic E-state index is 13.1. The van der Waals surface area contributed by atoms with Gasteiger partial charge in [0.2, 0.25) is 10.0 Å². The zero-order valence-corrected chi connectivity index (χ0v) is 17.5. The number of fused-ring (bicyclic) bond motifs is 1. The minimum absolute atomic E-state index is 0.141. The molecule has 2 aliphatic rings. The minimum atomic E-state index is -3.61. The first-order valence-electron chi connectivity index (χ1n) is 9.93. The Morgan fingerprint density at radius 3 is 2.37 bits per heavy atom. The van der Waals surface area contributed by atoms with Crippen LogP contribution in [0, 0.1) is 10.1 Å². The van der Waals surface area contributed by atoms with Crippen LogP contribution in [0.4, 0.5) is 11.4 Å². The highest BCUT2D eigenvalue weighted by Gasteiger charge is 2.31. The van der Waals surface area contributed by atoms with Gasteiger partial charge >= 0.3 is 0 Å². The number of nitro groups is 1. The molecule has 0 saturated carbocycles. The van der Waals surface area contributed by atoms with Crippen molar-refractivity contribution in [2.24, 2.45) is 0 Å². The normalized spacial score (nSPS) is 17.0. The molecule has 2 aromatic carbocycles. The summed E-state index contributed by atoms with van der Waals surface area (Å²) in [6.45, 7) is 2.52. The van der Waals surface area contributed by atoms with Gasteiger partial charge in [-0.3, -0.25) is 14.9 Å². The van der Waals surface area contributed by atoms with E-state index in [2.05, 4.69) is 0 Å². The Balaban J connectivity index is 1.53. The van der Waals surface area contributed by atoms with E-state index in [1.807, 2.05) is 6.07 Å². The van der Waals surface area contributed by atoms with Gasteiger partial charge in [0.1, 0.15) is 5.69 Å². The molecule has 0 unspecified atom stereocenters. The third kappa shape index (κ3) is 3.70. The Bertz CT molecular complexity index is 1120. The summed E-state index contributed by atoms with van der Waals surface area (Å²) in [5.74, 6) is -0.241. The number of sulfonamides is 1. The van der Waals surface area contributed by atoms with Gasteiger partial charge < -0.3 is 4.90 Å². The molecular weight excluding hydrogens is 406 g/mol. The van der Waals surface area contributed by atoms with Gasteiger partial charge in [-0.05, 0) is 61.6 Å². The second kappa shape index (κ2) is 7.81. The van der Waals surface area contributed by atoms with E-state index in [0.717, 1.165) is 24.8 Å². The number of aryl methyl sites for hydroxylation is 2. The van der Waals surface area contributed by atoms with Crippen LogP contribution in [0.2, 0.25) is 0 Å². The average Bonchev–Trinajstić information content (AvgIpc) is 3.21. The van der Waals surface area contributed by atoms with Crippen LogP contribution in [0.15, 0.2) is 41.3 Å². The average molecular weight is 429 g/mol. The predicted molar refractivity (Wildman–Crippen MR) is 113 cm³/mol. The predicted octanol–water partition coefficient (Wildman–Crippen LogP) is 2.80. The SMILES string of the molecule is CC(=O)c1ccc(N2CCN(S(=O)(=O)c3ccc4c(c3)CCC4)CC2)c([N+](=O)[O-])c1. The van der Waals surface area contributed by atoms with Crippen LogP contribution in [0.1, 0.15) is 34.8 Å². The lowest BCUT2D eigenvalue weighted by molar-refractivity contribution is -0.384. The maximum Gasteiger partial charge on any atom is 0.293 e. The van der Waals surface area contributed by atoms with Gasteiger partial charge in [0, 0.05) is 37.8 Å². The van der Waals surface area contributed by atoms with E-state index in [1.165, 1.54) is 22.9 Å².